The first kappa shape index (κ1) is 16.7. The minimum Gasteiger partial charge on any atom is -0.356 e. The minimum absolute atomic E-state index is 0.0704. The molecule has 0 radical (unpaired) electrons. The molecule has 6 nitrogen and oxygen atoms in total. The summed E-state index contributed by atoms with van der Waals surface area (Å²) in [6.45, 7) is 2.75. The molecule has 1 aliphatic heterocycles. The molecule has 0 bridgehead atoms. The molecule has 0 aromatic heterocycles. The Kier molecular flexibility index (Phi) is 6.15. The van der Waals surface area contributed by atoms with Crippen LogP contribution in [0, 0.1) is 16.0 Å². The molecule has 7 heteroatoms. The van der Waals surface area contributed by atoms with E-state index in [0.29, 0.717) is 18.0 Å². The van der Waals surface area contributed by atoms with Crippen molar-refractivity contribution in [1.29, 1.82) is 0 Å². The number of piperidine rings is 1. The largest absolute Gasteiger partial charge is 0.356 e. The summed E-state index contributed by atoms with van der Waals surface area (Å²) in [6, 6.07) is 4.17. The summed E-state index contributed by atoms with van der Waals surface area (Å²) < 4.78 is 0. The monoisotopic (exact) mass is 325 g/mol. The summed E-state index contributed by atoms with van der Waals surface area (Å²) >= 11 is 5.98. The maximum atomic E-state index is 11.9. The van der Waals surface area contributed by atoms with Gasteiger partial charge >= 0.3 is 0 Å². The number of hydrogen-bond donors (Lipinski definition) is 2. The first-order chi connectivity index (χ1) is 10.6. The van der Waals surface area contributed by atoms with Gasteiger partial charge in [0.15, 0.2) is 0 Å². The molecule has 0 saturated carbocycles. The third kappa shape index (κ3) is 4.96. The normalized spacial score (nSPS) is 18.0. The Morgan fingerprint density at radius 3 is 2.95 bits per heavy atom. The van der Waals surface area contributed by atoms with Gasteiger partial charge in [-0.05, 0) is 43.8 Å². The molecule has 1 fully saturated rings. The van der Waals surface area contributed by atoms with Crippen LogP contribution in [0.5, 0.6) is 0 Å². The van der Waals surface area contributed by atoms with Crippen LogP contribution >= 0.6 is 11.6 Å². The van der Waals surface area contributed by atoms with E-state index in [1.165, 1.54) is 31.0 Å². The second-order valence-electron chi connectivity index (χ2n) is 5.56. The zero-order valence-electron chi connectivity index (χ0n) is 12.3. The van der Waals surface area contributed by atoms with Gasteiger partial charge in [0.2, 0.25) is 5.91 Å². The zero-order chi connectivity index (χ0) is 15.9. The first-order valence-electron chi connectivity index (χ1n) is 7.46. The molecule has 1 atom stereocenters. The number of nitrogens with zero attached hydrogens (tertiary/aromatic N) is 1. The van der Waals surface area contributed by atoms with Gasteiger partial charge in [-0.25, -0.2) is 0 Å². The van der Waals surface area contributed by atoms with Crippen molar-refractivity contribution in [3.63, 3.8) is 0 Å². The summed E-state index contributed by atoms with van der Waals surface area (Å²) in [5.41, 5.74) is 0.531. The van der Waals surface area contributed by atoms with Crippen molar-refractivity contribution >= 4 is 23.2 Å². The highest BCUT2D eigenvalue weighted by molar-refractivity contribution is 6.31. The quantitative estimate of drug-likeness (QED) is 0.621. The van der Waals surface area contributed by atoms with Crippen LogP contribution < -0.4 is 10.6 Å². The molecule has 1 aromatic rings. The smallest absolute Gasteiger partial charge is 0.270 e. The van der Waals surface area contributed by atoms with Gasteiger partial charge in [0, 0.05) is 18.7 Å². The standard InChI is InChI=1S/C15H20ClN3O3/c16-14-9-13(19(21)22)4-3-12(14)8-15(20)18-7-5-11-2-1-6-17-10-11/h3-4,9,11,17H,1-2,5-8,10H2,(H,18,20). The fourth-order valence-electron chi connectivity index (χ4n) is 2.61. The predicted octanol–water partition coefficient (Wildman–Crippen LogP) is 2.30. The number of nitro benzene ring substituents is 1. The molecule has 1 aromatic carbocycles. The number of halogens is 1. The van der Waals surface area contributed by atoms with E-state index in [4.69, 9.17) is 11.6 Å². The van der Waals surface area contributed by atoms with Crippen LogP contribution in [-0.4, -0.2) is 30.5 Å². The van der Waals surface area contributed by atoms with E-state index in [1.807, 2.05) is 0 Å². The molecule has 120 valence electrons. The third-order valence-corrected chi connectivity index (χ3v) is 4.22. The van der Waals surface area contributed by atoms with Crippen LogP contribution in [0.3, 0.4) is 0 Å². The van der Waals surface area contributed by atoms with Crippen molar-refractivity contribution in [1.82, 2.24) is 10.6 Å². The lowest BCUT2D eigenvalue weighted by atomic mass is 9.96. The van der Waals surface area contributed by atoms with Gasteiger partial charge in [0.25, 0.3) is 5.69 Å². The lowest BCUT2D eigenvalue weighted by molar-refractivity contribution is -0.384. The second kappa shape index (κ2) is 8.10. The van der Waals surface area contributed by atoms with Gasteiger partial charge < -0.3 is 10.6 Å². The van der Waals surface area contributed by atoms with E-state index < -0.39 is 4.92 Å². The number of benzene rings is 1. The SMILES string of the molecule is O=C(Cc1ccc([N+](=O)[O-])cc1Cl)NCCC1CCCNC1. The Hall–Kier alpha value is -1.66. The number of hydrogen-bond acceptors (Lipinski definition) is 4. The van der Waals surface area contributed by atoms with Crippen molar-refractivity contribution in [3.8, 4) is 0 Å². The second-order valence-corrected chi connectivity index (χ2v) is 5.97. The molecule has 1 aliphatic rings. The summed E-state index contributed by atoms with van der Waals surface area (Å²) in [5.74, 6) is 0.511. The molecular weight excluding hydrogens is 306 g/mol. The average Bonchev–Trinajstić information content (AvgIpc) is 2.50. The van der Waals surface area contributed by atoms with Crippen LogP contribution in [0.25, 0.3) is 0 Å². The Bertz CT molecular complexity index is 545. The molecule has 0 spiro atoms. The highest BCUT2D eigenvalue weighted by Gasteiger charge is 2.14. The molecule has 1 saturated heterocycles. The Balaban J connectivity index is 1.77. The minimum atomic E-state index is -0.506. The van der Waals surface area contributed by atoms with Gasteiger partial charge in [-0.1, -0.05) is 17.7 Å². The van der Waals surface area contributed by atoms with Crippen LogP contribution in [0.2, 0.25) is 5.02 Å². The van der Waals surface area contributed by atoms with Crippen molar-refractivity contribution < 1.29 is 9.72 Å². The van der Waals surface area contributed by atoms with Gasteiger partial charge in [-0.2, -0.15) is 0 Å². The molecular formula is C15H20ClN3O3. The molecule has 1 unspecified atom stereocenters. The zero-order valence-corrected chi connectivity index (χ0v) is 13.1. The number of carbonyl (C=O) groups excluding carboxylic acids is 1. The molecule has 1 heterocycles. The van der Waals surface area contributed by atoms with Crippen LogP contribution in [0.1, 0.15) is 24.8 Å². The number of rotatable bonds is 6. The number of non-ortho nitro benzene ring substituents is 1. The number of nitro groups is 1. The predicted molar refractivity (Wildman–Crippen MR) is 85.0 cm³/mol. The summed E-state index contributed by atoms with van der Waals surface area (Å²) in [7, 11) is 0. The van der Waals surface area contributed by atoms with Gasteiger partial charge in [-0.3, -0.25) is 14.9 Å². The number of carbonyl (C=O) groups is 1. The van der Waals surface area contributed by atoms with E-state index in [0.717, 1.165) is 19.5 Å². The van der Waals surface area contributed by atoms with Crippen LogP contribution in [0.4, 0.5) is 5.69 Å². The fraction of sp³-hybridized carbons (Fsp3) is 0.533. The highest BCUT2D eigenvalue weighted by atomic mass is 35.5. The van der Waals surface area contributed by atoms with E-state index in [-0.39, 0.29) is 23.0 Å². The lowest BCUT2D eigenvalue weighted by Crippen LogP contribution is -2.33. The highest BCUT2D eigenvalue weighted by Crippen LogP contribution is 2.22. The van der Waals surface area contributed by atoms with Crippen molar-refractivity contribution in [2.75, 3.05) is 19.6 Å². The fourth-order valence-corrected chi connectivity index (χ4v) is 2.86. The number of nitrogens with one attached hydrogen (secondary N) is 2. The summed E-state index contributed by atoms with van der Waals surface area (Å²) in [4.78, 5) is 22.0. The average molecular weight is 326 g/mol. The maximum absolute atomic E-state index is 11.9. The molecule has 2 rings (SSSR count). The van der Waals surface area contributed by atoms with Crippen molar-refractivity contribution in [2.45, 2.75) is 25.7 Å². The van der Waals surface area contributed by atoms with Crippen molar-refractivity contribution in [2.24, 2.45) is 5.92 Å². The summed E-state index contributed by atoms with van der Waals surface area (Å²) in [6.07, 6.45) is 3.50. The molecule has 0 aliphatic carbocycles. The van der Waals surface area contributed by atoms with Crippen molar-refractivity contribution in [3.05, 3.63) is 38.9 Å². The Morgan fingerprint density at radius 2 is 2.32 bits per heavy atom. The topological polar surface area (TPSA) is 84.3 Å². The van der Waals surface area contributed by atoms with E-state index in [1.54, 1.807) is 0 Å². The molecule has 2 N–H and O–H groups in total. The summed E-state index contributed by atoms with van der Waals surface area (Å²) in [5, 5.41) is 17.1. The Morgan fingerprint density at radius 1 is 1.50 bits per heavy atom. The van der Waals surface area contributed by atoms with Gasteiger partial charge in [-0.15, -0.1) is 0 Å². The van der Waals surface area contributed by atoms with Crippen LogP contribution in [-0.2, 0) is 11.2 Å². The van der Waals surface area contributed by atoms with Crippen LogP contribution in [0.15, 0.2) is 18.2 Å². The lowest BCUT2D eigenvalue weighted by Gasteiger charge is -2.22. The number of amides is 1. The maximum Gasteiger partial charge on any atom is 0.270 e. The van der Waals surface area contributed by atoms with Gasteiger partial charge in [0.05, 0.1) is 16.4 Å². The van der Waals surface area contributed by atoms with E-state index >= 15 is 0 Å². The van der Waals surface area contributed by atoms with Gasteiger partial charge in [0.1, 0.15) is 0 Å². The first-order valence-corrected chi connectivity index (χ1v) is 7.84. The van der Waals surface area contributed by atoms with E-state index in [2.05, 4.69) is 10.6 Å². The molecule has 1 amide bonds. The third-order valence-electron chi connectivity index (χ3n) is 3.87. The van der Waals surface area contributed by atoms with E-state index in [9.17, 15) is 14.9 Å². The molecule has 22 heavy (non-hydrogen) atoms. The Labute approximate surface area is 134 Å².